The SMILES string of the molecule is CCCCCCCCCCCCCCOc1cc(OC)ccc1CC(=O)Nc1cccc(C[n+]2csc(C)c2)c1. The maximum absolute atomic E-state index is 12.9. The normalized spacial score (nSPS) is 11.0. The largest absolute Gasteiger partial charge is 0.497 e. The number of nitrogens with zero attached hydrogens (tertiary/aromatic N) is 1. The van der Waals surface area contributed by atoms with E-state index in [4.69, 9.17) is 9.47 Å². The molecule has 0 saturated carbocycles. The number of carbonyl (C=O) groups excluding carboxylic acids is 1. The van der Waals surface area contributed by atoms with Crippen LogP contribution in [0.1, 0.15) is 100.0 Å². The number of rotatable bonds is 20. The number of amides is 1. The molecule has 0 fully saturated rings. The van der Waals surface area contributed by atoms with Crippen molar-refractivity contribution in [3.8, 4) is 11.5 Å². The number of nitrogens with one attached hydrogen (secondary N) is 1. The second-order valence-electron chi connectivity index (χ2n) is 10.8. The van der Waals surface area contributed by atoms with Crippen LogP contribution in [-0.4, -0.2) is 19.6 Å². The third-order valence-electron chi connectivity index (χ3n) is 7.18. The number of hydrogen-bond donors (Lipinski definition) is 1. The van der Waals surface area contributed by atoms with Crippen LogP contribution in [0.25, 0.3) is 0 Å². The molecule has 0 aliphatic carbocycles. The number of aryl methyl sites for hydroxylation is 1. The van der Waals surface area contributed by atoms with Gasteiger partial charge in [0.15, 0.2) is 12.7 Å². The number of benzene rings is 2. The molecule has 3 rings (SSSR count). The fourth-order valence-corrected chi connectivity index (χ4v) is 5.57. The minimum absolute atomic E-state index is 0.0587. The van der Waals surface area contributed by atoms with Crippen molar-refractivity contribution in [2.24, 2.45) is 0 Å². The molecule has 0 spiro atoms. The summed E-state index contributed by atoms with van der Waals surface area (Å²) in [6.45, 7) is 5.81. The van der Waals surface area contributed by atoms with Crippen LogP contribution in [0.3, 0.4) is 0 Å². The fourth-order valence-electron chi connectivity index (χ4n) is 4.93. The summed E-state index contributed by atoms with van der Waals surface area (Å²) in [5.74, 6) is 1.41. The van der Waals surface area contributed by atoms with Gasteiger partial charge in [0.2, 0.25) is 11.4 Å². The van der Waals surface area contributed by atoms with Gasteiger partial charge in [-0.3, -0.25) is 4.79 Å². The lowest BCUT2D eigenvalue weighted by molar-refractivity contribution is -0.683. The second kappa shape index (κ2) is 18.5. The topological polar surface area (TPSA) is 51.4 Å². The van der Waals surface area contributed by atoms with Crippen LogP contribution in [0.4, 0.5) is 5.69 Å². The van der Waals surface area contributed by atoms with E-state index in [9.17, 15) is 4.79 Å². The van der Waals surface area contributed by atoms with Crippen molar-refractivity contribution in [1.29, 1.82) is 0 Å². The molecule has 0 radical (unpaired) electrons. The molecule has 0 bridgehead atoms. The van der Waals surface area contributed by atoms with Gasteiger partial charge in [0.25, 0.3) is 0 Å². The van der Waals surface area contributed by atoms with Gasteiger partial charge in [-0.1, -0.05) is 107 Å². The molecule has 0 aliphatic rings. The molecule has 0 aliphatic heterocycles. The number of hydrogen-bond acceptors (Lipinski definition) is 4. The molecule has 40 heavy (non-hydrogen) atoms. The van der Waals surface area contributed by atoms with Gasteiger partial charge in [0, 0.05) is 22.9 Å². The van der Waals surface area contributed by atoms with Crippen molar-refractivity contribution in [2.75, 3.05) is 19.0 Å². The molecule has 2 aromatic carbocycles. The van der Waals surface area contributed by atoms with Crippen LogP contribution < -0.4 is 19.4 Å². The summed E-state index contributed by atoms with van der Waals surface area (Å²) in [5, 5.41) is 3.06. The third-order valence-corrected chi connectivity index (χ3v) is 8.03. The van der Waals surface area contributed by atoms with Gasteiger partial charge >= 0.3 is 0 Å². The molecule has 1 heterocycles. The minimum atomic E-state index is -0.0587. The molecule has 5 nitrogen and oxygen atoms in total. The standard InChI is InChI=1S/C34H48N2O3S/c1-4-5-6-7-8-9-10-11-12-13-14-15-21-39-33-24-32(38-3)20-19-30(33)23-34(37)35-31-18-16-17-29(22-31)26-36-25-28(2)40-27-36/h16-20,22,24-25,27H,4-15,21,23,26H2,1-3H3/p+1. The van der Waals surface area contributed by atoms with Crippen molar-refractivity contribution in [3.05, 3.63) is 70.2 Å². The van der Waals surface area contributed by atoms with Crippen LogP contribution in [0.5, 0.6) is 11.5 Å². The Labute approximate surface area is 245 Å². The summed E-state index contributed by atoms with van der Waals surface area (Å²) in [4.78, 5) is 14.2. The number of ether oxygens (including phenoxy) is 2. The second-order valence-corrected chi connectivity index (χ2v) is 11.9. The molecule has 0 unspecified atom stereocenters. The van der Waals surface area contributed by atoms with Crippen LogP contribution in [0.15, 0.2) is 54.2 Å². The highest BCUT2D eigenvalue weighted by atomic mass is 32.1. The van der Waals surface area contributed by atoms with E-state index in [1.54, 1.807) is 18.4 Å². The zero-order chi connectivity index (χ0) is 28.4. The predicted molar refractivity (Wildman–Crippen MR) is 167 cm³/mol. The number of anilines is 1. The number of thiazole rings is 1. The molecular formula is C34H49N2O3S+. The number of unbranched alkanes of at least 4 members (excludes halogenated alkanes) is 11. The average Bonchev–Trinajstić information content (AvgIpc) is 3.36. The van der Waals surface area contributed by atoms with Crippen LogP contribution in [0.2, 0.25) is 0 Å². The first-order valence-corrected chi connectivity index (χ1v) is 16.1. The summed E-state index contributed by atoms with van der Waals surface area (Å²) in [6, 6.07) is 13.8. The van der Waals surface area contributed by atoms with E-state index in [1.165, 1.54) is 75.5 Å². The Balaban J connectivity index is 1.40. The average molecular weight is 566 g/mol. The van der Waals surface area contributed by atoms with Gasteiger partial charge in [-0.2, -0.15) is 4.57 Å². The van der Waals surface area contributed by atoms with Crippen molar-refractivity contribution >= 4 is 22.9 Å². The summed E-state index contributed by atoms with van der Waals surface area (Å²) in [7, 11) is 1.65. The first kappa shape index (κ1) is 31.7. The van der Waals surface area contributed by atoms with E-state index < -0.39 is 0 Å². The van der Waals surface area contributed by atoms with Gasteiger partial charge in [-0.05, 0) is 31.5 Å². The highest BCUT2D eigenvalue weighted by Crippen LogP contribution is 2.26. The molecule has 1 N–H and O–H groups in total. The van der Waals surface area contributed by atoms with Crippen LogP contribution in [0, 0.1) is 6.92 Å². The summed E-state index contributed by atoms with van der Waals surface area (Å²) in [6.07, 6.45) is 18.2. The molecule has 6 heteroatoms. The molecule has 1 aromatic heterocycles. The van der Waals surface area contributed by atoms with E-state index in [-0.39, 0.29) is 12.3 Å². The Morgan fingerprint density at radius 1 is 0.900 bits per heavy atom. The Morgan fingerprint density at radius 3 is 2.25 bits per heavy atom. The molecule has 1 amide bonds. The number of methoxy groups -OCH3 is 1. The van der Waals surface area contributed by atoms with Crippen LogP contribution in [-0.2, 0) is 17.8 Å². The highest BCUT2D eigenvalue weighted by molar-refractivity contribution is 7.09. The zero-order valence-electron chi connectivity index (χ0n) is 24.9. The van der Waals surface area contributed by atoms with E-state index in [1.807, 2.05) is 36.4 Å². The van der Waals surface area contributed by atoms with Gasteiger partial charge in [-0.15, -0.1) is 0 Å². The first-order chi connectivity index (χ1) is 19.6. The molecular weight excluding hydrogens is 516 g/mol. The third kappa shape index (κ3) is 12.1. The lowest BCUT2D eigenvalue weighted by Gasteiger charge is -2.13. The Kier molecular flexibility index (Phi) is 14.6. The lowest BCUT2D eigenvalue weighted by Crippen LogP contribution is -2.30. The van der Waals surface area contributed by atoms with Gasteiger partial charge < -0.3 is 14.8 Å². The zero-order valence-corrected chi connectivity index (χ0v) is 25.7. The maximum atomic E-state index is 12.9. The maximum Gasteiger partial charge on any atom is 0.228 e. The number of aromatic nitrogens is 1. The van der Waals surface area contributed by atoms with Crippen molar-refractivity contribution in [2.45, 2.75) is 104 Å². The Hall–Kier alpha value is -2.86. The fraction of sp³-hybridized carbons (Fsp3) is 0.529. The molecule has 218 valence electrons. The Morgan fingerprint density at radius 2 is 1.60 bits per heavy atom. The van der Waals surface area contributed by atoms with Crippen molar-refractivity contribution in [3.63, 3.8) is 0 Å². The number of carbonyl (C=O) groups is 1. The van der Waals surface area contributed by atoms with E-state index >= 15 is 0 Å². The molecule has 0 atom stereocenters. The monoisotopic (exact) mass is 565 g/mol. The summed E-state index contributed by atoms with van der Waals surface area (Å²) in [5.41, 5.74) is 4.94. The van der Waals surface area contributed by atoms with E-state index in [0.717, 1.165) is 41.3 Å². The van der Waals surface area contributed by atoms with Crippen molar-refractivity contribution in [1.82, 2.24) is 0 Å². The molecule has 0 saturated heterocycles. The van der Waals surface area contributed by atoms with Crippen molar-refractivity contribution < 1.29 is 18.8 Å². The van der Waals surface area contributed by atoms with Crippen LogP contribution >= 0.6 is 11.3 Å². The summed E-state index contributed by atoms with van der Waals surface area (Å²) >= 11 is 1.73. The van der Waals surface area contributed by atoms with Gasteiger partial charge in [0.1, 0.15) is 11.5 Å². The summed E-state index contributed by atoms with van der Waals surface area (Å²) < 4.78 is 13.7. The minimum Gasteiger partial charge on any atom is -0.497 e. The van der Waals surface area contributed by atoms with E-state index in [0.29, 0.717) is 6.61 Å². The van der Waals surface area contributed by atoms with Gasteiger partial charge in [-0.25, -0.2) is 0 Å². The lowest BCUT2D eigenvalue weighted by atomic mass is 10.1. The smallest absolute Gasteiger partial charge is 0.228 e. The first-order valence-electron chi connectivity index (χ1n) is 15.2. The Bertz CT molecular complexity index is 1140. The molecule has 3 aromatic rings. The van der Waals surface area contributed by atoms with Gasteiger partial charge in [0.05, 0.1) is 25.0 Å². The quantitative estimate of drug-likeness (QED) is 0.110. The highest BCUT2D eigenvalue weighted by Gasteiger charge is 2.12. The predicted octanol–water partition coefficient (Wildman–Crippen LogP) is 8.66. The van der Waals surface area contributed by atoms with E-state index in [2.05, 4.69) is 41.5 Å².